The van der Waals surface area contributed by atoms with Crippen LogP contribution in [0.25, 0.3) is 6.08 Å². The quantitative estimate of drug-likeness (QED) is 0.351. The molecule has 0 unspecified atom stereocenters. The van der Waals surface area contributed by atoms with Crippen molar-refractivity contribution in [1.29, 1.82) is 5.26 Å². The van der Waals surface area contributed by atoms with Gasteiger partial charge < -0.3 is 24.8 Å². The SMILES string of the molecule is COc1ccc(NC(=O)COc2ccc(C=C(C#N)C(=O)Nc3ccc(F)cc3)cc2OC)cc1. The van der Waals surface area contributed by atoms with Crippen LogP contribution < -0.4 is 24.8 Å². The van der Waals surface area contributed by atoms with Crippen molar-refractivity contribution in [3.05, 3.63) is 83.7 Å². The third-order valence-electron chi connectivity index (χ3n) is 4.70. The molecular formula is C26H22FN3O5. The zero-order valence-electron chi connectivity index (χ0n) is 19.0. The van der Waals surface area contributed by atoms with Crippen LogP contribution in [0.5, 0.6) is 17.2 Å². The summed E-state index contributed by atoms with van der Waals surface area (Å²) in [6.45, 7) is -0.263. The summed E-state index contributed by atoms with van der Waals surface area (Å²) >= 11 is 0. The molecule has 0 fully saturated rings. The molecule has 3 aromatic carbocycles. The Balaban J connectivity index is 1.65. The second-order valence-electron chi connectivity index (χ2n) is 7.11. The van der Waals surface area contributed by atoms with E-state index in [4.69, 9.17) is 14.2 Å². The summed E-state index contributed by atoms with van der Waals surface area (Å²) in [5.74, 6) is -0.160. The number of ether oxygens (including phenoxy) is 3. The van der Waals surface area contributed by atoms with E-state index in [9.17, 15) is 19.2 Å². The fraction of sp³-hybridized carbons (Fsp3) is 0.115. The standard InChI is InChI=1S/C26H22FN3O5/c1-33-22-10-8-20(9-11-22)29-25(31)16-35-23-12-3-17(14-24(23)34-2)13-18(15-28)26(32)30-21-6-4-19(27)5-7-21/h3-14H,16H2,1-2H3,(H,29,31)(H,30,32). The minimum absolute atomic E-state index is 0.163. The molecule has 0 saturated carbocycles. The average molecular weight is 475 g/mol. The Kier molecular flexibility index (Phi) is 8.40. The number of anilines is 2. The van der Waals surface area contributed by atoms with Gasteiger partial charge in [0.2, 0.25) is 0 Å². The van der Waals surface area contributed by atoms with Gasteiger partial charge in [0.15, 0.2) is 18.1 Å². The summed E-state index contributed by atoms with van der Waals surface area (Å²) in [7, 11) is 2.99. The first kappa shape index (κ1) is 24.8. The molecule has 3 aromatic rings. The molecule has 0 atom stereocenters. The van der Waals surface area contributed by atoms with Gasteiger partial charge >= 0.3 is 0 Å². The summed E-state index contributed by atoms with van der Waals surface area (Å²) < 4.78 is 29.0. The van der Waals surface area contributed by atoms with Crippen LogP contribution in [-0.4, -0.2) is 32.6 Å². The highest BCUT2D eigenvalue weighted by atomic mass is 19.1. The third kappa shape index (κ3) is 7.07. The van der Waals surface area contributed by atoms with Crippen molar-refractivity contribution in [3.63, 3.8) is 0 Å². The highest BCUT2D eigenvalue weighted by Gasteiger charge is 2.12. The van der Waals surface area contributed by atoms with Gasteiger partial charge in [0.05, 0.1) is 14.2 Å². The number of carbonyl (C=O) groups is 2. The van der Waals surface area contributed by atoms with E-state index in [1.165, 1.54) is 37.5 Å². The Morgan fingerprint density at radius 3 is 2.20 bits per heavy atom. The van der Waals surface area contributed by atoms with E-state index < -0.39 is 11.7 Å². The van der Waals surface area contributed by atoms with Crippen molar-refractivity contribution in [2.24, 2.45) is 0 Å². The summed E-state index contributed by atoms with van der Waals surface area (Å²) in [5, 5.41) is 14.7. The van der Waals surface area contributed by atoms with Crippen LogP contribution in [0.3, 0.4) is 0 Å². The number of rotatable bonds is 9. The second-order valence-corrected chi connectivity index (χ2v) is 7.11. The molecule has 0 radical (unpaired) electrons. The molecule has 0 bridgehead atoms. The first-order chi connectivity index (χ1) is 16.9. The van der Waals surface area contributed by atoms with Crippen LogP contribution in [0.2, 0.25) is 0 Å². The summed E-state index contributed by atoms with van der Waals surface area (Å²) in [4.78, 5) is 24.6. The molecular weight excluding hydrogens is 453 g/mol. The van der Waals surface area contributed by atoms with Crippen LogP contribution in [-0.2, 0) is 9.59 Å². The molecule has 2 N–H and O–H groups in total. The Morgan fingerprint density at radius 1 is 0.914 bits per heavy atom. The number of halogens is 1. The fourth-order valence-electron chi connectivity index (χ4n) is 2.95. The number of nitrogens with one attached hydrogen (secondary N) is 2. The highest BCUT2D eigenvalue weighted by Crippen LogP contribution is 2.29. The lowest BCUT2D eigenvalue weighted by atomic mass is 10.1. The maximum Gasteiger partial charge on any atom is 0.266 e. The molecule has 0 aliphatic rings. The lowest BCUT2D eigenvalue weighted by Crippen LogP contribution is -2.20. The normalized spacial score (nSPS) is 10.6. The van der Waals surface area contributed by atoms with E-state index in [-0.39, 0.29) is 18.1 Å². The van der Waals surface area contributed by atoms with Gasteiger partial charge in [0.1, 0.15) is 23.2 Å². The third-order valence-corrected chi connectivity index (χ3v) is 4.70. The van der Waals surface area contributed by atoms with Gasteiger partial charge in [-0.2, -0.15) is 5.26 Å². The summed E-state index contributed by atoms with van der Waals surface area (Å²) in [6.07, 6.45) is 1.38. The molecule has 0 aliphatic carbocycles. The Bertz CT molecular complexity index is 1270. The number of benzene rings is 3. The van der Waals surface area contributed by atoms with Crippen LogP contribution in [0.15, 0.2) is 72.3 Å². The average Bonchev–Trinajstić information content (AvgIpc) is 2.88. The zero-order chi connectivity index (χ0) is 25.2. The Morgan fingerprint density at radius 2 is 1.57 bits per heavy atom. The van der Waals surface area contributed by atoms with E-state index in [1.807, 2.05) is 6.07 Å². The zero-order valence-corrected chi connectivity index (χ0v) is 19.0. The molecule has 2 amide bonds. The predicted octanol–water partition coefficient (Wildman–Crippen LogP) is 4.41. The molecule has 0 aliphatic heterocycles. The molecule has 3 rings (SSSR count). The maximum absolute atomic E-state index is 13.0. The smallest absolute Gasteiger partial charge is 0.266 e. The minimum atomic E-state index is -0.645. The number of hydrogen-bond donors (Lipinski definition) is 2. The number of amides is 2. The van der Waals surface area contributed by atoms with Crippen LogP contribution >= 0.6 is 0 Å². The second kappa shape index (κ2) is 11.9. The molecule has 8 nitrogen and oxygen atoms in total. The number of carbonyl (C=O) groups excluding carboxylic acids is 2. The largest absolute Gasteiger partial charge is 0.497 e. The summed E-state index contributed by atoms with van der Waals surface area (Å²) in [6, 6.07) is 18.6. The van der Waals surface area contributed by atoms with E-state index in [0.29, 0.717) is 34.2 Å². The van der Waals surface area contributed by atoms with Gasteiger partial charge in [-0.05, 0) is 72.3 Å². The molecule has 0 spiro atoms. The van der Waals surface area contributed by atoms with Crippen molar-refractivity contribution in [2.75, 3.05) is 31.5 Å². The molecule has 0 saturated heterocycles. The van der Waals surface area contributed by atoms with Crippen LogP contribution in [0.1, 0.15) is 5.56 Å². The van der Waals surface area contributed by atoms with Crippen molar-refractivity contribution in [2.45, 2.75) is 0 Å². The van der Waals surface area contributed by atoms with Crippen molar-refractivity contribution in [1.82, 2.24) is 0 Å². The van der Waals surface area contributed by atoms with Gasteiger partial charge in [0.25, 0.3) is 11.8 Å². The van der Waals surface area contributed by atoms with E-state index in [2.05, 4.69) is 10.6 Å². The summed E-state index contributed by atoms with van der Waals surface area (Å²) in [5.41, 5.74) is 1.29. The predicted molar refractivity (Wildman–Crippen MR) is 129 cm³/mol. The number of methoxy groups -OCH3 is 2. The van der Waals surface area contributed by atoms with Gasteiger partial charge in [-0.15, -0.1) is 0 Å². The molecule has 0 aromatic heterocycles. The topological polar surface area (TPSA) is 110 Å². The Hall–Kier alpha value is -4.84. The monoisotopic (exact) mass is 475 g/mol. The van der Waals surface area contributed by atoms with E-state index in [0.717, 1.165) is 0 Å². The first-order valence-electron chi connectivity index (χ1n) is 10.4. The number of nitriles is 1. The molecule has 178 valence electrons. The number of hydrogen-bond acceptors (Lipinski definition) is 6. The van der Waals surface area contributed by atoms with Gasteiger partial charge in [0, 0.05) is 11.4 Å². The Labute approximate surface area is 201 Å². The fourth-order valence-corrected chi connectivity index (χ4v) is 2.95. The van der Waals surface area contributed by atoms with Gasteiger partial charge in [-0.3, -0.25) is 9.59 Å². The van der Waals surface area contributed by atoms with E-state index in [1.54, 1.807) is 49.6 Å². The van der Waals surface area contributed by atoms with E-state index >= 15 is 0 Å². The van der Waals surface area contributed by atoms with Gasteiger partial charge in [-0.25, -0.2) is 4.39 Å². The highest BCUT2D eigenvalue weighted by molar-refractivity contribution is 6.09. The van der Waals surface area contributed by atoms with Crippen LogP contribution in [0.4, 0.5) is 15.8 Å². The first-order valence-corrected chi connectivity index (χ1v) is 10.4. The van der Waals surface area contributed by atoms with Crippen LogP contribution in [0, 0.1) is 17.1 Å². The maximum atomic E-state index is 13.0. The number of nitrogens with zero attached hydrogens (tertiary/aromatic N) is 1. The van der Waals surface area contributed by atoms with Crippen molar-refractivity contribution < 1.29 is 28.2 Å². The lowest BCUT2D eigenvalue weighted by molar-refractivity contribution is -0.118. The van der Waals surface area contributed by atoms with Gasteiger partial charge in [-0.1, -0.05) is 6.07 Å². The molecule has 35 heavy (non-hydrogen) atoms. The minimum Gasteiger partial charge on any atom is -0.497 e. The molecule has 0 heterocycles. The molecule has 9 heteroatoms. The lowest BCUT2D eigenvalue weighted by Gasteiger charge is -2.12. The van der Waals surface area contributed by atoms with Crippen molar-refractivity contribution in [3.8, 4) is 23.3 Å². The van der Waals surface area contributed by atoms with Crippen molar-refractivity contribution >= 4 is 29.3 Å².